The molecule has 2 amide bonds. The van der Waals surface area contributed by atoms with Crippen molar-refractivity contribution >= 4 is 52.5 Å². The Morgan fingerprint density at radius 1 is 0.655 bits per heavy atom. The van der Waals surface area contributed by atoms with E-state index in [1.54, 1.807) is 66.6 Å². The number of aromatic hydroxyl groups is 1. The minimum atomic E-state index is -0.215. The molecule has 4 aromatic carbocycles. The highest BCUT2D eigenvalue weighted by Crippen LogP contribution is 2.42. The van der Waals surface area contributed by atoms with Crippen molar-refractivity contribution < 1.29 is 33.6 Å². The van der Waals surface area contributed by atoms with Crippen molar-refractivity contribution in [3.63, 3.8) is 0 Å². The number of nitrogens with zero attached hydrogens (tertiary/aromatic N) is 4. The highest BCUT2D eigenvalue weighted by atomic mass is 16.5. The summed E-state index contributed by atoms with van der Waals surface area (Å²) < 4.78 is 23.5. The minimum absolute atomic E-state index is 0.143. The lowest BCUT2D eigenvalue weighted by Crippen LogP contribution is -2.32. The lowest BCUT2D eigenvalue weighted by atomic mass is 10.0. The average molecular weight is 740 g/mol. The number of fused-ring (bicyclic) bond motifs is 4. The number of methoxy groups -OCH3 is 2. The van der Waals surface area contributed by atoms with E-state index in [1.165, 1.54) is 0 Å². The largest absolute Gasteiger partial charge is 0.508 e. The lowest BCUT2D eigenvalue weighted by molar-refractivity contribution is 0.0809. The van der Waals surface area contributed by atoms with E-state index in [0.29, 0.717) is 77.2 Å². The summed E-state index contributed by atoms with van der Waals surface area (Å²) in [4.78, 5) is 40.1. The van der Waals surface area contributed by atoms with Gasteiger partial charge in [0.25, 0.3) is 11.8 Å². The number of nitrogen functional groups attached to an aromatic ring is 1. The SMILES string of the molecule is COc1cc2c(cc1OCCCCCOc1cc3c(cc1OC)C(=O)N1C=C(c4ccc(O)cc4)CC1C=N3)N=CC1CC(c3ccc(N)cc3)=CN1C2=O. The molecule has 2 atom stereocenters. The summed E-state index contributed by atoms with van der Waals surface area (Å²) in [6.07, 6.45) is 11.0. The molecule has 0 radical (unpaired) electrons. The van der Waals surface area contributed by atoms with Crippen LogP contribution in [0.4, 0.5) is 17.1 Å². The molecule has 12 heteroatoms. The molecule has 2 unspecified atom stereocenters. The van der Waals surface area contributed by atoms with Gasteiger partial charge >= 0.3 is 0 Å². The monoisotopic (exact) mass is 739 g/mol. The zero-order valence-corrected chi connectivity index (χ0v) is 30.6. The first kappa shape index (κ1) is 35.5. The van der Waals surface area contributed by atoms with Gasteiger partial charge in [0, 0.05) is 55.5 Å². The number of aliphatic imine (C=N–C) groups is 2. The van der Waals surface area contributed by atoms with Crippen LogP contribution >= 0.6 is 0 Å². The Morgan fingerprint density at radius 3 is 1.56 bits per heavy atom. The maximum atomic E-state index is 13.7. The molecular weight excluding hydrogens is 699 g/mol. The fourth-order valence-electron chi connectivity index (χ4n) is 7.26. The van der Waals surface area contributed by atoms with Crippen molar-refractivity contribution in [3.05, 3.63) is 107 Å². The number of phenolic OH excluding ortho intramolecular Hbond substituents is 1. The molecule has 4 aliphatic rings. The Hall–Kier alpha value is -6.56. The minimum Gasteiger partial charge on any atom is -0.508 e. The van der Waals surface area contributed by atoms with Gasteiger partial charge in [0.15, 0.2) is 23.0 Å². The molecule has 0 saturated carbocycles. The van der Waals surface area contributed by atoms with E-state index in [0.717, 1.165) is 41.5 Å². The number of benzene rings is 4. The summed E-state index contributed by atoms with van der Waals surface area (Å²) in [7, 11) is 3.11. The number of nitrogens with two attached hydrogens (primary N) is 1. The molecule has 3 N–H and O–H groups in total. The molecule has 4 heterocycles. The van der Waals surface area contributed by atoms with Gasteiger partial charge in [0.1, 0.15) is 5.75 Å². The van der Waals surface area contributed by atoms with Crippen LogP contribution in [-0.2, 0) is 0 Å². The topological polar surface area (TPSA) is 149 Å². The van der Waals surface area contributed by atoms with Gasteiger partial charge in [-0.05, 0) is 77.9 Å². The number of amides is 2. The Labute approximate surface area is 318 Å². The quantitative estimate of drug-likeness (QED) is 0.112. The molecule has 55 heavy (non-hydrogen) atoms. The molecule has 8 rings (SSSR count). The molecular formula is C43H41N5O7. The maximum absolute atomic E-state index is 13.7. The molecule has 4 aromatic rings. The van der Waals surface area contributed by atoms with Crippen LogP contribution in [0.3, 0.4) is 0 Å². The molecule has 0 aromatic heterocycles. The summed E-state index contributed by atoms with van der Waals surface area (Å²) in [5, 5.41) is 9.66. The van der Waals surface area contributed by atoms with Crippen molar-refractivity contribution in [3.8, 4) is 28.7 Å². The molecule has 0 spiro atoms. The third-order valence-corrected chi connectivity index (χ3v) is 10.3. The molecule has 280 valence electrons. The number of anilines is 1. The lowest BCUT2D eigenvalue weighted by Gasteiger charge is -2.19. The second kappa shape index (κ2) is 15.1. The van der Waals surface area contributed by atoms with Crippen molar-refractivity contribution in [1.82, 2.24) is 9.80 Å². The van der Waals surface area contributed by atoms with Crippen molar-refractivity contribution in [2.45, 2.75) is 44.2 Å². The number of rotatable bonds is 12. The van der Waals surface area contributed by atoms with Crippen molar-refractivity contribution in [2.75, 3.05) is 33.2 Å². The van der Waals surface area contributed by atoms with Crippen LogP contribution in [0, 0.1) is 0 Å². The second-order valence-corrected chi connectivity index (χ2v) is 13.8. The third kappa shape index (κ3) is 7.10. The van der Waals surface area contributed by atoms with Gasteiger partial charge in [-0.1, -0.05) is 24.3 Å². The molecule has 0 bridgehead atoms. The van der Waals surface area contributed by atoms with Crippen LogP contribution < -0.4 is 24.7 Å². The Balaban J connectivity index is 0.851. The van der Waals surface area contributed by atoms with Crippen LogP contribution in [0.15, 0.2) is 95.2 Å². The Morgan fingerprint density at radius 2 is 1.11 bits per heavy atom. The first-order valence-corrected chi connectivity index (χ1v) is 18.3. The number of hydrogen-bond acceptors (Lipinski definition) is 10. The molecule has 0 aliphatic carbocycles. The van der Waals surface area contributed by atoms with Crippen molar-refractivity contribution in [2.24, 2.45) is 9.98 Å². The van der Waals surface area contributed by atoms with Crippen LogP contribution in [0.25, 0.3) is 11.1 Å². The molecule has 12 nitrogen and oxygen atoms in total. The van der Waals surface area contributed by atoms with Gasteiger partial charge in [0.2, 0.25) is 0 Å². The van der Waals surface area contributed by atoms with Crippen LogP contribution in [0.5, 0.6) is 28.7 Å². The smallest absolute Gasteiger partial charge is 0.260 e. The van der Waals surface area contributed by atoms with Crippen LogP contribution in [0.1, 0.15) is 63.9 Å². The number of phenols is 1. The fourth-order valence-corrected chi connectivity index (χ4v) is 7.26. The maximum Gasteiger partial charge on any atom is 0.260 e. The standard InChI is InChI=1S/C43H41N5O7/c1-52-38-18-34-36(45-22-31-16-28(24-47(31)42(34)50)26-6-10-30(44)11-7-26)20-40(38)54-14-4-3-5-15-55-41-21-37-35(19-39(41)53-2)43(51)48-25-29(17-32(48)23-46-37)27-8-12-33(49)13-9-27/h6-13,18-25,31-32,49H,3-5,14-17,44H2,1-2H3. The highest BCUT2D eigenvalue weighted by Gasteiger charge is 2.35. The Bertz CT molecular complexity index is 2100. The first-order valence-electron chi connectivity index (χ1n) is 18.3. The van der Waals surface area contributed by atoms with E-state index in [4.69, 9.17) is 29.7 Å². The van der Waals surface area contributed by atoms with E-state index in [2.05, 4.69) is 4.99 Å². The summed E-state index contributed by atoms with van der Waals surface area (Å²) in [6, 6.07) is 21.1. The van der Waals surface area contributed by atoms with Gasteiger partial charge in [0.05, 0.1) is 62.0 Å². The average Bonchev–Trinajstić information content (AvgIpc) is 3.78. The van der Waals surface area contributed by atoms with E-state index in [-0.39, 0.29) is 29.6 Å². The van der Waals surface area contributed by atoms with E-state index >= 15 is 0 Å². The fraction of sp³-hybridized carbons (Fsp3) is 0.256. The predicted octanol–water partition coefficient (Wildman–Crippen LogP) is 7.56. The number of carbonyl (C=O) groups is 2. The molecule has 0 saturated heterocycles. The first-order chi connectivity index (χ1) is 26.8. The van der Waals surface area contributed by atoms with Crippen LogP contribution in [0.2, 0.25) is 0 Å². The van der Waals surface area contributed by atoms with Crippen LogP contribution in [-0.4, -0.2) is 78.7 Å². The second-order valence-electron chi connectivity index (χ2n) is 13.8. The summed E-state index contributed by atoms with van der Waals surface area (Å²) >= 11 is 0. The van der Waals surface area contributed by atoms with Gasteiger partial charge in [-0.15, -0.1) is 0 Å². The van der Waals surface area contributed by atoms with Gasteiger partial charge in [-0.2, -0.15) is 0 Å². The summed E-state index contributed by atoms with van der Waals surface area (Å²) in [6.45, 7) is 0.875. The van der Waals surface area contributed by atoms with E-state index < -0.39 is 0 Å². The van der Waals surface area contributed by atoms with Gasteiger partial charge in [-0.3, -0.25) is 19.6 Å². The zero-order chi connectivity index (χ0) is 38.1. The zero-order valence-electron chi connectivity index (χ0n) is 30.6. The molecule has 0 fully saturated rings. The highest BCUT2D eigenvalue weighted by molar-refractivity contribution is 6.06. The van der Waals surface area contributed by atoms with Gasteiger partial charge < -0.3 is 39.6 Å². The van der Waals surface area contributed by atoms with Crippen molar-refractivity contribution in [1.29, 1.82) is 0 Å². The normalized spacial score (nSPS) is 18.1. The number of unbranched alkanes of at least 4 members (excludes halogenated alkanes) is 2. The Kier molecular flexibility index (Phi) is 9.71. The molecule has 4 aliphatic heterocycles. The summed E-state index contributed by atoms with van der Waals surface area (Å²) in [5.74, 6) is 1.86. The number of ether oxygens (including phenoxy) is 4. The third-order valence-electron chi connectivity index (χ3n) is 10.3. The summed E-state index contributed by atoms with van der Waals surface area (Å²) in [5.41, 5.74) is 12.5. The van der Waals surface area contributed by atoms with E-state index in [1.807, 2.05) is 55.0 Å². The number of carbonyl (C=O) groups excluding carboxylic acids is 2. The predicted molar refractivity (Wildman–Crippen MR) is 211 cm³/mol. The van der Waals surface area contributed by atoms with E-state index in [9.17, 15) is 14.7 Å². The van der Waals surface area contributed by atoms with Gasteiger partial charge in [-0.25, -0.2) is 0 Å². The number of hydrogen-bond donors (Lipinski definition) is 2.